The topological polar surface area (TPSA) is 52.5 Å². The highest BCUT2D eigenvalue weighted by molar-refractivity contribution is 6.17. The van der Waals surface area contributed by atoms with E-state index in [1.807, 2.05) is 19.2 Å². The maximum absolute atomic E-state index is 9.75. The summed E-state index contributed by atoms with van der Waals surface area (Å²) in [5.41, 5.74) is 1.67. The van der Waals surface area contributed by atoms with Crippen LogP contribution in [0.2, 0.25) is 0 Å². The number of halogens is 1. The van der Waals surface area contributed by atoms with Crippen LogP contribution in [0, 0.1) is 0 Å². The quantitative estimate of drug-likeness (QED) is 0.675. The first-order chi connectivity index (χ1) is 7.19. The zero-order valence-corrected chi connectivity index (χ0v) is 9.41. The van der Waals surface area contributed by atoms with E-state index in [0.29, 0.717) is 17.9 Å². The molecule has 1 rings (SSSR count). The van der Waals surface area contributed by atoms with Gasteiger partial charge in [0.25, 0.3) is 0 Å². The molecule has 3 nitrogen and oxygen atoms in total. The lowest BCUT2D eigenvalue weighted by Gasteiger charge is -2.17. The highest BCUT2D eigenvalue weighted by Crippen LogP contribution is 2.20. The SMILES string of the molecule is CNc1ccc(C(O)C(O)CCCl)cc1. The lowest BCUT2D eigenvalue weighted by Crippen LogP contribution is -2.18. The molecular formula is C11H16ClNO2. The van der Waals surface area contributed by atoms with Gasteiger partial charge in [-0.15, -0.1) is 11.6 Å². The van der Waals surface area contributed by atoms with Crippen molar-refractivity contribution in [2.24, 2.45) is 0 Å². The Hall–Kier alpha value is -0.770. The molecule has 4 heteroatoms. The molecule has 0 heterocycles. The van der Waals surface area contributed by atoms with E-state index in [-0.39, 0.29) is 0 Å². The minimum Gasteiger partial charge on any atom is -0.390 e. The second kappa shape index (κ2) is 5.95. The summed E-state index contributed by atoms with van der Waals surface area (Å²) in [6, 6.07) is 7.28. The molecule has 0 fully saturated rings. The summed E-state index contributed by atoms with van der Waals surface area (Å²) in [6.07, 6.45) is -1.28. The van der Waals surface area contributed by atoms with Crippen LogP contribution in [0.4, 0.5) is 5.69 Å². The van der Waals surface area contributed by atoms with Crippen molar-refractivity contribution in [2.45, 2.75) is 18.6 Å². The first-order valence-corrected chi connectivity index (χ1v) is 5.42. The van der Waals surface area contributed by atoms with Crippen LogP contribution < -0.4 is 5.32 Å². The molecule has 0 aliphatic rings. The maximum Gasteiger partial charge on any atom is 0.105 e. The van der Waals surface area contributed by atoms with Gasteiger partial charge in [0.05, 0.1) is 6.10 Å². The Kier molecular flexibility index (Phi) is 4.88. The Morgan fingerprint density at radius 1 is 1.27 bits per heavy atom. The number of hydrogen-bond donors (Lipinski definition) is 3. The first kappa shape index (κ1) is 12.3. The number of aliphatic hydroxyl groups is 2. The predicted molar refractivity (Wildman–Crippen MR) is 62.3 cm³/mol. The molecule has 84 valence electrons. The first-order valence-electron chi connectivity index (χ1n) is 4.89. The third-order valence-electron chi connectivity index (χ3n) is 2.31. The predicted octanol–water partition coefficient (Wildman–Crippen LogP) is 1.75. The molecule has 0 bridgehead atoms. The van der Waals surface area contributed by atoms with Gasteiger partial charge in [0.15, 0.2) is 0 Å². The van der Waals surface area contributed by atoms with Crippen LogP contribution in [0.3, 0.4) is 0 Å². The highest BCUT2D eigenvalue weighted by atomic mass is 35.5. The van der Waals surface area contributed by atoms with Crippen LogP contribution in [0.25, 0.3) is 0 Å². The van der Waals surface area contributed by atoms with Crippen molar-refractivity contribution in [3.63, 3.8) is 0 Å². The zero-order valence-electron chi connectivity index (χ0n) is 8.65. The summed E-state index contributed by atoms with van der Waals surface area (Å²) < 4.78 is 0. The Morgan fingerprint density at radius 3 is 2.33 bits per heavy atom. The van der Waals surface area contributed by atoms with Gasteiger partial charge in [-0.2, -0.15) is 0 Å². The zero-order chi connectivity index (χ0) is 11.3. The van der Waals surface area contributed by atoms with Gasteiger partial charge in [-0.3, -0.25) is 0 Å². The van der Waals surface area contributed by atoms with E-state index < -0.39 is 12.2 Å². The summed E-state index contributed by atoms with van der Waals surface area (Å²) >= 11 is 5.49. The fourth-order valence-electron chi connectivity index (χ4n) is 1.34. The molecule has 2 atom stereocenters. The average Bonchev–Trinajstić information content (AvgIpc) is 2.28. The molecule has 0 aliphatic carbocycles. The van der Waals surface area contributed by atoms with Crippen molar-refractivity contribution in [2.75, 3.05) is 18.2 Å². The number of aliphatic hydroxyl groups excluding tert-OH is 2. The van der Waals surface area contributed by atoms with Crippen molar-refractivity contribution in [1.82, 2.24) is 0 Å². The molecule has 2 unspecified atom stereocenters. The summed E-state index contributed by atoms with van der Waals surface area (Å²) in [5, 5.41) is 22.3. The Labute approximate surface area is 94.7 Å². The Morgan fingerprint density at radius 2 is 1.87 bits per heavy atom. The molecule has 0 saturated heterocycles. The van der Waals surface area contributed by atoms with Crippen molar-refractivity contribution < 1.29 is 10.2 Å². The molecule has 0 amide bonds. The number of anilines is 1. The van der Waals surface area contributed by atoms with E-state index in [1.165, 1.54) is 0 Å². The molecule has 0 spiro atoms. The van der Waals surface area contributed by atoms with Crippen LogP contribution >= 0.6 is 11.6 Å². The van der Waals surface area contributed by atoms with Gasteiger partial charge in [-0.25, -0.2) is 0 Å². The Bertz CT molecular complexity index is 289. The van der Waals surface area contributed by atoms with Crippen LogP contribution in [0.1, 0.15) is 18.1 Å². The van der Waals surface area contributed by atoms with Crippen molar-refractivity contribution in [3.05, 3.63) is 29.8 Å². The standard InChI is InChI=1S/C11H16ClNO2/c1-13-9-4-2-8(3-5-9)11(15)10(14)6-7-12/h2-5,10-11,13-15H,6-7H2,1H3. The van der Waals surface area contributed by atoms with E-state index in [2.05, 4.69) is 5.32 Å². The highest BCUT2D eigenvalue weighted by Gasteiger charge is 2.17. The number of alkyl halides is 1. The van der Waals surface area contributed by atoms with Gasteiger partial charge in [-0.1, -0.05) is 12.1 Å². The van der Waals surface area contributed by atoms with Gasteiger partial charge in [-0.05, 0) is 24.1 Å². The van der Waals surface area contributed by atoms with E-state index in [9.17, 15) is 10.2 Å². The third kappa shape index (κ3) is 3.38. The molecular weight excluding hydrogens is 214 g/mol. The monoisotopic (exact) mass is 229 g/mol. The van der Waals surface area contributed by atoms with Crippen LogP contribution in [-0.2, 0) is 0 Å². The lowest BCUT2D eigenvalue weighted by molar-refractivity contribution is 0.0170. The third-order valence-corrected chi connectivity index (χ3v) is 2.53. The van der Waals surface area contributed by atoms with Gasteiger partial charge < -0.3 is 15.5 Å². The van der Waals surface area contributed by atoms with Gasteiger partial charge in [0, 0.05) is 18.6 Å². The number of rotatable bonds is 5. The van der Waals surface area contributed by atoms with Gasteiger partial charge in [0.1, 0.15) is 6.10 Å². The summed E-state index contributed by atoms with van der Waals surface area (Å²) in [6.45, 7) is 0. The maximum atomic E-state index is 9.75. The lowest BCUT2D eigenvalue weighted by atomic mass is 10.0. The molecule has 15 heavy (non-hydrogen) atoms. The minimum absolute atomic E-state index is 0.340. The molecule has 3 N–H and O–H groups in total. The molecule has 1 aromatic carbocycles. The minimum atomic E-state index is -0.866. The van der Waals surface area contributed by atoms with E-state index in [1.54, 1.807) is 12.1 Å². The second-order valence-electron chi connectivity index (χ2n) is 3.36. The van der Waals surface area contributed by atoms with Crippen molar-refractivity contribution >= 4 is 17.3 Å². The summed E-state index contributed by atoms with van der Waals surface area (Å²) in [7, 11) is 1.83. The van der Waals surface area contributed by atoms with Crippen molar-refractivity contribution in [1.29, 1.82) is 0 Å². The van der Waals surface area contributed by atoms with E-state index in [4.69, 9.17) is 11.6 Å². The molecule has 0 saturated carbocycles. The van der Waals surface area contributed by atoms with Gasteiger partial charge >= 0.3 is 0 Å². The molecule has 0 aliphatic heterocycles. The fraction of sp³-hybridized carbons (Fsp3) is 0.455. The molecule has 0 radical (unpaired) electrons. The summed E-state index contributed by atoms with van der Waals surface area (Å²) in [4.78, 5) is 0. The number of nitrogens with one attached hydrogen (secondary N) is 1. The van der Waals surface area contributed by atoms with Crippen molar-refractivity contribution in [3.8, 4) is 0 Å². The van der Waals surface area contributed by atoms with E-state index >= 15 is 0 Å². The molecule has 1 aromatic rings. The van der Waals surface area contributed by atoms with Gasteiger partial charge in [0.2, 0.25) is 0 Å². The van der Waals surface area contributed by atoms with Crippen LogP contribution in [0.15, 0.2) is 24.3 Å². The largest absolute Gasteiger partial charge is 0.390 e. The average molecular weight is 230 g/mol. The Balaban J connectivity index is 2.69. The smallest absolute Gasteiger partial charge is 0.105 e. The van der Waals surface area contributed by atoms with Crippen LogP contribution in [-0.4, -0.2) is 29.2 Å². The number of benzene rings is 1. The van der Waals surface area contributed by atoms with Crippen LogP contribution in [0.5, 0.6) is 0 Å². The second-order valence-corrected chi connectivity index (χ2v) is 3.74. The van der Waals surface area contributed by atoms with E-state index in [0.717, 1.165) is 5.69 Å². The summed E-state index contributed by atoms with van der Waals surface area (Å²) in [5.74, 6) is 0.340. The molecule has 0 aromatic heterocycles. The number of hydrogen-bond acceptors (Lipinski definition) is 3. The fourth-order valence-corrected chi connectivity index (χ4v) is 1.56. The normalized spacial score (nSPS) is 14.7.